The molecule has 0 amide bonds. The summed E-state index contributed by atoms with van der Waals surface area (Å²) in [5.41, 5.74) is 29.8. The summed E-state index contributed by atoms with van der Waals surface area (Å²) in [5.74, 6) is 0. The van der Waals surface area contributed by atoms with E-state index in [2.05, 4.69) is 363 Å². The Morgan fingerprint density at radius 3 is 1.10 bits per heavy atom. The third-order valence-corrected chi connectivity index (χ3v) is 30.0. The minimum absolute atomic E-state index is 0. The molecular weight excluding hydrogens is 2170 g/mol. The summed E-state index contributed by atoms with van der Waals surface area (Å²) in [6, 6.07) is 88.9. The number of nitrogens with zero attached hydrogens (tertiary/aromatic N) is 9. The smallest absolute Gasteiger partial charge is 0.405 e. The average Bonchev–Trinajstić information content (AvgIpc) is 1.60. The molecule has 17 nitrogen and oxygen atoms in total. The number of fused-ring (bicyclic) bond motifs is 4. The van der Waals surface area contributed by atoms with Crippen LogP contribution in [0.25, 0.3) is 89.4 Å². The average molecular weight is 2310 g/mol. The van der Waals surface area contributed by atoms with Crippen LogP contribution in [0.2, 0.25) is 10.2 Å². The third-order valence-electron chi connectivity index (χ3n) is 28.6. The quantitative estimate of drug-likeness (QED) is 0.0765. The molecule has 0 saturated carbocycles. The van der Waals surface area contributed by atoms with E-state index in [1.54, 1.807) is 6.20 Å². The SMILES string of the molecule is CC1(C)OB(B2OC(C)(C)C(C)(C)O2)OC1(C)C.CC1(C)OB(c2cccc(Br)c2)OC1(C)C.CC1(C)OC(c2ccc3cccn3c2)OC1(C)C.Cc1cnc(-c2[c-]ccc(-c3ccc4cccn4c3)c2)cc1C.Cc1cnc(-c2[c-]cccc2)cc1C.Cc1cnc(-c2cccc(-c3ccc4cccn4c3)c2)cc1C.Cc1cnc(-c2cccc(Br)c2)cc1C.Cc1cnc(Cl)cc1C.Clc1ccc2cccn2c1.[Ir]. The molecule has 5 aromatic carbocycles. The van der Waals surface area contributed by atoms with Crippen LogP contribution in [0, 0.1) is 81.4 Å². The van der Waals surface area contributed by atoms with Crippen LogP contribution >= 0.6 is 55.1 Å². The number of halogens is 4. The molecule has 0 atom stereocenters. The van der Waals surface area contributed by atoms with Crippen molar-refractivity contribution in [2.24, 2.45) is 0 Å². The first-order chi connectivity index (χ1) is 69.0. The van der Waals surface area contributed by atoms with E-state index in [1.807, 2.05) is 220 Å². The van der Waals surface area contributed by atoms with Gasteiger partial charge in [-0.3, -0.25) is 9.97 Å². The summed E-state index contributed by atoms with van der Waals surface area (Å²) in [7, 11) is -1.23. The fourth-order valence-corrected chi connectivity index (χ4v) is 17.0. The molecule has 4 aliphatic rings. The molecule has 25 heteroatoms. The van der Waals surface area contributed by atoms with Gasteiger partial charge in [0.15, 0.2) is 6.29 Å². The van der Waals surface area contributed by atoms with E-state index in [1.165, 1.54) is 100.0 Å². The molecule has 22 rings (SSSR count). The first kappa shape index (κ1) is 113. The predicted molar refractivity (Wildman–Crippen MR) is 608 cm³/mol. The van der Waals surface area contributed by atoms with Gasteiger partial charge in [-0.2, -0.15) is 0 Å². The predicted octanol–water partition coefficient (Wildman–Crippen LogP) is 31.1. The van der Waals surface area contributed by atoms with Gasteiger partial charge in [0.05, 0.1) is 61.2 Å². The van der Waals surface area contributed by atoms with E-state index in [9.17, 15) is 0 Å². The molecule has 0 unspecified atom stereocenters. The summed E-state index contributed by atoms with van der Waals surface area (Å²) < 4.78 is 58.3. The zero-order valence-electron chi connectivity index (χ0n) is 89.0. The van der Waals surface area contributed by atoms with Gasteiger partial charge in [-0.15, -0.1) is 65.7 Å². The molecule has 4 aliphatic heterocycles. The Morgan fingerprint density at radius 1 is 0.293 bits per heavy atom. The van der Waals surface area contributed by atoms with Gasteiger partial charge < -0.3 is 65.0 Å². The second-order valence-electron chi connectivity index (χ2n) is 41.6. The zero-order valence-corrected chi connectivity index (χ0v) is 96.1. The van der Waals surface area contributed by atoms with Gasteiger partial charge in [-0.25, -0.2) is 4.98 Å². The molecule has 4 fully saturated rings. The van der Waals surface area contributed by atoms with Crippen molar-refractivity contribution in [3.8, 4) is 67.3 Å². The van der Waals surface area contributed by atoms with E-state index >= 15 is 0 Å². The standard InChI is InChI=1S/C21H18N2.C21H17N2.C15H19NO2.C13H12BrN.C13H12N.C12H24B2O4.C12H16BBrO2.C8H6ClN.C7H8ClN.Ir/c2*1-15-11-21(22-13-16(15)2)18-6-3-5-17(12-18)19-8-9-20-7-4-10-23(20)14-19;1-14(2)15(3,4)18-13(17-14)11-7-8-12-6-5-9-16(12)10-11;1-9-6-13(15-8-10(9)2)11-4-3-5-12(14)7-11;1-10-8-13(14-9-11(10)2)12-6-4-3-5-7-12;1-9(2)10(3,4)16-13(15-9)14-17-11(5,6)12(7,8)18-14;1-11(2)12(3,4)16-13(15-11)9-6-5-7-10(14)8-9;9-7-3-4-8-2-1-5-10(8)6-7;1-5-3-7(8)9-4-6(5)2;/h3-14H,1-2H3;3-5,7-14H,1-2H3;5-10,13H,1-4H3;3-8H,1-2H3;3-6,8-9H,1-2H3;1-8H3;5-8H,1-4H3;1-6H;3-4H,1-2H3;/q;-1;;;-1;;;;;. The maximum absolute atomic E-state index is 6.04. The van der Waals surface area contributed by atoms with Crippen LogP contribution in [0.4, 0.5) is 0 Å². The third kappa shape index (κ3) is 28.4. The van der Waals surface area contributed by atoms with E-state index in [0.29, 0.717) is 5.15 Å². The maximum Gasteiger partial charge on any atom is 0.494 e. The van der Waals surface area contributed by atoms with Crippen molar-refractivity contribution >= 4 is 104 Å². The molecule has 1 radical (unpaired) electrons. The number of aryl methyl sites for hydroxylation is 10. The molecule has 147 heavy (non-hydrogen) atoms. The molecule has 0 aliphatic carbocycles. The number of hydrogen-bond acceptors (Lipinski definition) is 13. The van der Waals surface area contributed by atoms with Crippen molar-refractivity contribution in [3.63, 3.8) is 0 Å². The molecule has 4 saturated heterocycles. The Balaban J connectivity index is 0.000000140. The van der Waals surface area contributed by atoms with E-state index in [0.717, 1.165) is 70.0 Å². The van der Waals surface area contributed by atoms with E-state index in [-0.39, 0.29) is 78.3 Å². The Labute approximate surface area is 910 Å². The number of hydrogen-bond donors (Lipinski definition) is 0. The molecule has 0 spiro atoms. The largest absolute Gasteiger partial charge is 0.494 e. The zero-order chi connectivity index (χ0) is 105. The van der Waals surface area contributed by atoms with Gasteiger partial charge in [0, 0.05) is 148 Å². The minimum Gasteiger partial charge on any atom is -0.405 e. The van der Waals surface area contributed by atoms with Crippen molar-refractivity contribution in [2.75, 3.05) is 0 Å². The summed E-state index contributed by atoms with van der Waals surface area (Å²) >= 11 is 18.3. The first-order valence-electron chi connectivity index (χ1n) is 49.3. The van der Waals surface area contributed by atoms with Crippen LogP contribution in [-0.2, 0) is 57.5 Å². The Morgan fingerprint density at radius 2 is 0.660 bits per heavy atom. The van der Waals surface area contributed by atoms with Crippen molar-refractivity contribution in [3.05, 3.63) is 416 Å². The number of aromatic nitrogens is 9. The van der Waals surface area contributed by atoms with Crippen LogP contribution in [0.3, 0.4) is 0 Å². The van der Waals surface area contributed by atoms with Crippen LogP contribution < -0.4 is 5.46 Å². The second-order valence-corrected chi connectivity index (χ2v) is 44.2. The number of benzene rings is 5. The summed E-state index contributed by atoms with van der Waals surface area (Å²) in [5, 5.41) is 1.34. The number of rotatable bonds is 9. The minimum atomic E-state index is -0.476. The normalized spacial score (nSPS) is 15.9. The Hall–Kier alpha value is -11.0. The van der Waals surface area contributed by atoms with Gasteiger partial charge in [-0.05, 0) is 385 Å². The first-order valence-corrected chi connectivity index (χ1v) is 51.6. The molecule has 761 valence electrons. The van der Waals surface area contributed by atoms with Crippen LogP contribution in [-0.4, -0.2) is 108 Å². The second kappa shape index (κ2) is 47.9. The number of pyridine rings is 9. The fourth-order valence-electron chi connectivity index (χ4n) is 15.8. The van der Waals surface area contributed by atoms with Gasteiger partial charge in [0.2, 0.25) is 0 Å². The Bertz CT molecular complexity index is 7310. The topological polar surface area (TPSA) is 156 Å². The fraction of sp³-hybridized carbons (Fsp3) is 0.287. The van der Waals surface area contributed by atoms with Gasteiger partial charge in [0.1, 0.15) is 5.15 Å². The summed E-state index contributed by atoms with van der Waals surface area (Å²) in [4.78, 5) is 21.8. The summed E-state index contributed by atoms with van der Waals surface area (Å²) in [6.45, 7) is 53.5. The van der Waals surface area contributed by atoms with Gasteiger partial charge in [-0.1, -0.05) is 145 Å². The molecular formula is C122H132B3Br2Cl2IrN9O8-2. The van der Waals surface area contributed by atoms with E-state index in [4.69, 9.17) is 60.6 Å². The van der Waals surface area contributed by atoms with Crippen molar-refractivity contribution < 1.29 is 57.5 Å². The monoisotopic (exact) mass is 2300 g/mol. The van der Waals surface area contributed by atoms with Crippen molar-refractivity contribution in [1.29, 1.82) is 0 Å². The van der Waals surface area contributed by atoms with Gasteiger partial charge in [0.25, 0.3) is 0 Å². The number of ether oxygens (including phenoxy) is 2. The maximum atomic E-state index is 6.04. The molecule has 18 aromatic rings. The van der Waals surface area contributed by atoms with E-state index < -0.39 is 14.0 Å². The van der Waals surface area contributed by atoms with Crippen LogP contribution in [0.1, 0.15) is 178 Å². The summed E-state index contributed by atoms with van der Waals surface area (Å²) in [6.07, 6.45) is 25.6. The van der Waals surface area contributed by atoms with Gasteiger partial charge >= 0.3 is 21.1 Å². The molecule has 17 heterocycles. The Kier molecular flexibility index (Phi) is 36.8. The van der Waals surface area contributed by atoms with Crippen molar-refractivity contribution in [1.82, 2.24) is 42.5 Å². The van der Waals surface area contributed by atoms with Crippen molar-refractivity contribution in [2.45, 2.75) is 231 Å². The molecule has 13 aromatic heterocycles. The molecule has 0 N–H and O–H groups in total. The van der Waals surface area contributed by atoms with Crippen LogP contribution in [0.5, 0.6) is 0 Å². The van der Waals surface area contributed by atoms with Crippen LogP contribution in [0.15, 0.2) is 332 Å². The molecule has 0 bridgehead atoms.